The van der Waals surface area contributed by atoms with E-state index in [4.69, 9.17) is 0 Å². The molecule has 2 heterocycles. The van der Waals surface area contributed by atoms with Gasteiger partial charge in [-0.2, -0.15) is 0 Å². The van der Waals surface area contributed by atoms with Gasteiger partial charge in [-0.15, -0.1) is 0 Å². The van der Waals surface area contributed by atoms with Crippen molar-refractivity contribution >= 4 is 29.2 Å². The van der Waals surface area contributed by atoms with E-state index in [1.807, 2.05) is 37.6 Å². The molecule has 0 saturated heterocycles. The number of rotatable bonds is 4. The zero-order valence-electron chi connectivity index (χ0n) is 14.0. The Morgan fingerprint density at radius 3 is 2.65 bits per heavy atom. The Hall–Kier alpha value is -2.06. The van der Waals surface area contributed by atoms with Crippen LogP contribution >= 0.6 is 7.14 Å². The molecule has 0 aliphatic heterocycles. The molecule has 1 aromatic carbocycles. The van der Waals surface area contributed by atoms with E-state index in [1.54, 1.807) is 13.3 Å². The van der Waals surface area contributed by atoms with Crippen molar-refractivity contribution < 1.29 is 4.57 Å². The number of anilines is 1. The van der Waals surface area contributed by atoms with E-state index in [0.29, 0.717) is 0 Å². The molecule has 3 rings (SSSR count). The number of fused-ring (bicyclic) bond motifs is 1. The number of aromatic nitrogens is 2. The summed E-state index contributed by atoms with van der Waals surface area (Å²) in [6.45, 7) is 5.74. The second-order valence-electron chi connectivity index (χ2n) is 6.12. The molecule has 0 aliphatic carbocycles. The molecular weight excluding hydrogens is 305 g/mol. The molecule has 2 aromatic heterocycles. The lowest BCUT2D eigenvalue weighted by Crippen LogP contribution is -2.10. The molecule has 0 spiro atoms. The Morgan fingerprint density at radius 1 is 1.22 bits per heavy atom. The van der Waals surface area contributed by atoms with Gasteiger partial charge in [0, 0.05) is 41.4 Å². The zero-order valence-corrected chi connectivity index (χ0v) is 14.9. The van der Waals surface area contributed by atoms with Crippen LogP contribution in [0.15, 0.2) is 36.7 Å². The molecule has 0 atom stereocenters. The highest BCUT2D eigenvalue weighted by Crippen LogP contribution is 2.39. The first-order valence-corrected chi connectivity index (χ1v) is 10.4. The third-order valence-electron chi connectivity index (χ3n) is 4.18. The molecule has 4 nitrogen and oxygen atoms in total. The fraction of sp³-hybridized carbons (Fsp3) is 0.278. The summed E-state index contributed by atoms with van der Waals surface area (Å²) < 4.78 is 12.6. The van der Waals surface area contributed by atoms with Crippen LogP contribution < -0.4 is 10.6 Å². The summed E-state index contributed by atoms with van der Waals surface area (Å²) in [6, 6.07) is 8.22. The van der Waals surface area contributed by atoms with Crippen molar-refractivity contribution in [3.8, 4) is 11.1 Å². The van der Waals surface area contributed by atoms with Gasteiger partial charge >= 0.3 is 0 Å². The Balaban J connectivity index is 2.16. The van der Waals surface area contributed by atoms with E-state index < -0.39 is 7.14 Å². The van der Waals surface area contributed by atoms with Gasteiger partial charge in [-0.3, -0.25) is 0 Å². The maximum atomic E-state index is 12.6. The topological polar surface area (TPSA) is 57.8 Å². The predicted octanol–water partition coefficient (Wildman–Crippen LogP) is 4.08. The largest absolute Gasteiger partial charge is 0.388 e. The molecule has 0 saturated carbocycles. The molecule has 0 radical (unpaired) electrons. The minimum absolute atomic E-state index is 0.877. The first-order chi connectivity index (χ1) is 10.9. The van der Waals surface area contributed by atoms with E-state index in [1.165, 1.54) is 5.56 Å². The van der Waals surface area contributed by atoms with Crippen LogP contribution in [-0.2, 0) is 11.0 Å². The highest BCUT2D eigenvalue weighted by atomic mass is 31.2. The van der Waals surface area contributed by atoms with Crippen LogP contribution in [0.2, 0.25) is 0 Å². The van der Waals surface area contributed by atoms with Crippen LogP contribution in [0.3, 0.4) is 0 Å². The molecule has 0 fully saturated rings. The van der Waals surface area contributed by atoms with Gasteiger partial charge < -0.3 is 14.9 Å². The Bertz CT molecular complexity index is 908. The van der Waals surface area contributed by atoms with Crippen LogP contribution in [0.25, 0.3) is 22.2 Å². The Morgan fingerprint density at radius 2 is 2.00 bits per heavy atom. The van der Waals surface area contributed by atoms with Crippen molar-refractivity contribution in [2.75, 3.05) is 25.7 Å². The summed E-state index contributed by atoms with van der Waals surface area (Å²) >= 11 is 0. The van der Waals surface area contributed by atoms with Gasteiger partial charge in [0.15, 0.2) is 0 Å². The zero-order chi connectivity index (χ0) is 16.6. The van der Waals surface area contributed by atoms with Crippen LogP contribution in [0.4, 0.5) is 5.69 Å². The summed E-state index contributed by atoms with van der Waals surface area (Å²) in [4.78, 5) is 7.73. The lowest BCUT2D eigenvalue weighted by atomic mass is 10.0. The summed E-state index contributed by atoms with van der Waals surface area (Å²) in [7, 11) is -0.504. The van der Waals surface area contributed by atoms with Gasteiger partial charge in [0.05, 0.1) is 0 Å². The lowest BCUT2D eigenvalue weighted by Gasteiger charge is -2.15. The van der Waals surface area contributed by atoms with Gasteiger partial charge in [0.25, 0.3) is 0 Å². The summed E-state index contributed by atoms with van der Waals surface area (Å²) in [5.74, 6) is 0. The van der Waals surface area contributed by atoms with E-state index in [9.17, 15) is 4.57 Å². The molecule has 0 aliphatic rings. The SMILES string of the molecule is CCc1c[nH]c2ncc(-c3ccc(NC)c(P(C)(C)=O)c3)cc12. The summed E-state index contributed by atoms with van der Waals surface area (Å²) in [5, 5.41) is 5.16. The first kappa shape index (κ1) is 15.8. The maximum absolute atomic E-state index is 12.6. The van der Waals surface area contributed by atoms with Gasteiger partial charge in [0.2, 0.25) is 0 Å². The Labute approximate surface area is 136 Å². The standard InChI is InChI=1S/C18H22N3OP/c1-5-12-10-20-18-15(12)8-14(11-21-18)13-6-7-16(19-2)17(9-13)23(3,4)22/h6-11,19H,5H2,1-4H3,(H,20,21). The number of aromatic amines is 1. The molecule has 0 unspecified atom stereocenters. The third kappa shape index (κ3) is 2.91. The molecule has 120 valence electrons. The van der Waals surface area contributed by atoms with Crippen molar-refractivity contribution in [2.24, 2.45) is 0 Å². The second-order valence-corrected chi connectivity index (χ2v) is 9.30. The van der Waals surface area contributed by atoms with E-state index in [0.717, 1.165) is 39.6 Å². The second kappa shape index (κ2) is 5.86. The van der Waals surface area contributed by atoms with Crippen LogP contribution in [0.1, 0.15) is 12.5 Å². The number of hydrogen-bond acceptors (Lipinski definition) is 3. The van der Waals surface area contributed by atoms with Crippen LogP contribution in [0.5, 0.6) is 0 Å². The van der Waals surface area contributed by atoms with Crippen molar-refractivity contribution in [3.05, 3.63) is 42.2 Å². The quantitative estimate of drug-likeness (QED) is 0.710. The van der Waals surface area contributed by atoms with Crippen molar-refractivity contribution in [1.29, 1.82) is 0 Å². The fourth-order valence-electron chi connectivity index (χ4n) is 2.88. The number of nitrogens with zero attached hydrogens (tertiary/aromatic N) is 1. The van der Waals surface area contributed by atoms with Gasteiger partial charge in [-0.05, 0) is 49.1 Å². The Kier molecular flexibility index (Phi) is 4.03. The highest BCUT2D eigenvalue weighted by molar-refractivity contribution is 7.70. The minimum atomic E-state index is -2.36. The average Bonchev–Trinajstić information content (AvgIpc) is 2.95. The van der Waals surface area contributed by atoms with Gasteiger partial charge in [-0.25, -0.2) is 4.98 Å². The molecule has 23 heavy (non-hydrogen) atoms. The van der Waals surface area contributed by atoms with E-state index >= 15 is 0 Å². The normalized spacial score (nSPS) is 11.8. The van der Waals surface area contributed by atoms with Crippen LogP contribution in [0, 0.1) is 0 Å². The molecule has 5 heteroatoms. The first-order valence-electron chi connectivity index (χ1n) is 7.77. The van der Waals surface area contributed by atoms with Crippen molar-refractivity contribution in [1.82, 2.24) is 9.97 Å². The summed E-state index contributed by atoms with van der Waals surface area (Å²) in [5.41, 5.74) is 5.18. The minimum Gasteiger partial charge on any atom is -0.388 e. The van der Waals surface area contributed by atoms with Crippen LogP contribution in [-0.4, -0.2) is 30.3 Å². The number of aryl methyl sites for hydroxylation is 1. The van der Waals surface area contributed by atoms with Gasteiger partial charge in [0.1, 0.15) is 12.8 Å². The number of benzene rings is 1. The average molecular weight is 327 g/mol. The number of nitrogens with one attached hydrogen (secondary N) is 2. The maximum Gasteiger partial charge on any atom is 0.137 e. The van der Waals surface area contributed by atoms with E-state index in [-0.39, 0.29) is 0 Å². The number of H-pyrrole nitrogens is 1. The number of pyridine rings is 1. The molecule has 0 bridgehead atoms. The lowest BCUT2D eigenvalue weighted by molar-refractivity contribution is 0.588. The van der Waals surface area contributed by atoms with Gasteiger partial charge in [-0.1, -0.05) is 13.0 Å². The fourth-order valence-corrected chi connectivity index (χ4v) is 4.09. The summed E-state index contributed by atoms with van der Waals surface area (Å²) in [6.07, 6.45) is 4.85. The molecular formula is C18H22N3OP. The van der Waals surface area contributed by atoms with E-state index in [2.05, 4.69) is 28.3 Å². The molecule has 3 aromatic rings. The highest BCUT2D eigenvalue weighted by Gasteiger charge is 2.17. The smallest absolute Gasteiger partial charge is 0.137 e. The van der Waals surface area contributed by atoms with Crippen molar-refractivity contribution in [2.45, 2.75) is 13.3 Å². The molecule has 2 N–H and O–H groups in total. The van der Waals surface area contributed by atoms with Crippen molar-refractivity contribution in [3.63, 3.8) is 0 Å². The third-order valence-corrected chi connectivity index (χ3v) is 5.71. The predicted molar refractivity (Wildman–Crippen MR) is 99.5 cm³/mol. The molecule has 0 amide bonds. The monoisotopic (exact) mass is 327 g/mol. The number of hydrogen-bond donors (Lipinski definition) is 2.